The van der Waals surface area contributed by atoms with E-state index in [1.54, 1.807) is 6.07 Å². The zero-order valence-corrected chi connectivity index (χ0v) is 13.9. The summed E-state index contributed by atoms with van der Waals surface area (Å²) < 4.78 is 16.7. The molecule has 0 N–H and O–H groups in total. The lowest BCUT2D eigenvalue weighted by atomic mass is 9.97. The molecule has 0 aliphatic carbocycles. The first kappa shape index (κ1) is 16.9. The van der Waals surface area contributed by atoms with Crippen LogP contribution in [0.5, 0.6) is 5.75 Å². The highest BCUT2D eigenvalue weighted by Crippen LogP contribution is 2.57. The van der Waals surface area contributed by atoms with Crippen LogP contribution in [0.25, 0.3) is 0 Å². The number of aryl methyl sites for hydroxylation is 1. The molecule has 0 aliphatic rings. The van der Waals surface area contributed by atoms with Gasteiger partial charge in [-0.15, -0.1) is 0 Å². The van der Waals surface area contributed by atoms with Gasteiger partial charge < -0.3 is 4.52 Å². The Bertz CT molecular complexity index is 443. The number of hydrogen-bond donors (Lipinski definition) is 0. The minimum absolute atomic E-state index is 0.565. The van der Waals surface area contributed by atoms with Crippen LogP contribution in [0.1, 0.15) is 50.7 Å². The van der Waals surface area contributed by atoms with E-state index in [1.807, 2.05) is 6.07 Å². The second kappa shape index (κ2) is 8.19. The van der Waals surface area contributed by atoms with Crippen molar-refractivity contribution in [1.82, 2.24) is 0 Å². The Morgan fingerprint density at radius 3 is 2.32 bits per heavy atom. The van der Waals surface area contributed by atoms with Crippen LogP contribution in [0.4, 0.5) is 0 Å². The highest BCUT2D eigenvalue weighted by Gasteiger charge is 2.19. The molecule has 0 aromatic heterocycles. The van der Waals surface area contributed by atoms with Crippen LogP contribution >= 0.6 is 28.6 Å². The molecule has 0 fully saturated rings. The minimum Gasteiger partial charge on any atom is -0.422 e. The number of halogens is 2. The second-order valence-corrected chi connectivity index (χ2v) is 8.81. The Morgan fingerprint density at radius 2 is 1.74 bits per heavy atom. The molecule has 0 heterocycles. The molecule has 5 heteroatoms. The van der Waals surface area contributed by atoms with Crippen LogP contribution in [0.2, 0.25) is 0 Å². The predicted molar refractivity (Wildman–Crippen MR) is 83.6 cm³/mol. The van der Waals surface area contributed by atoms with Gasteiger partial charge in [-0.05, 0) is 42.9 Å². The number of rotatable bonds is 8. The molecule has 1 aromatic carbocycles. The number of hydrogen-bond acceptors (Lipinski definition) is 2. The standard InChI is InChI=1S/C14H21Cl2O2P/c1-3-5-8-12-9-7-11-14(18-19(15,16)17)13(12)10-6-4-2/h7,9,11H,3-6,8,10H2,1-2H3. The molecule has 0 unspecified atom stereocenters. The maximum atomic E-state index is 11.4. The van der Waals surface area contributed by atoms with Crippen molar-refractivity contribution in [3.8, 4) is 5.75 Å². The van der Waals surface area contributed by atoms with Gasteiger partial charge in [0.25, 0.3) is 0 Å². The van der Waals surface area contributed by atoms with Gasteiger partial charge in [0.1, 0.15) is 5.75 Å². The summed E-state index contributed by atoms with van der Waals surface area (Å²) >= 11 is 11.1. The molecule has 1 aromatic rings. The van der Waals surface area contributed by atoms with E-state index in [0.717, 1.165) is 44.1 Å². The third kappa shape index (κ3) is 6.21. The normalized spacial score (nSPS) is 11.6. The molecule has 0 atom stereocenters. The van der Waals surface area contributed by atoms with E-state index >= 15 is 0 Å². The van der Waals surface area contributed by atoms with Crippen LogP contribution in [0.15, 0.2) is 18.2 Å². The summed E-state index contributed by atoms with van der Waals surface area (Å²) in [5, 5.41) is 0. The van der Waals surface area contributed by atoms with Crippen LogP contribution in [-0.4, -0.2) is 0 Å². The zero-order valence-electron chi connectivity index (χ0n) is 11.5. The molecule has 0 aliphatic heterocycles. The molecule has 19 heavy (non-hydrogen) atoms. The van der Waals surface area contributed by atoms with E-state index in [1.165, 1.54) is 5.56 Å². The fourth-order valence-electron chi connectivity index (χ4n) is 2.05. The van der Waals surface area contributed by atoms with Crippen molar-refractivity contribution in [2.75, 3.05) is 0 Å². The molecule has 0 radical (unpaired) electrons. The largest absolute Gasteiger partial charge is 0.428 e. The van der Waals surface area contributed by atoms with E-state index < -0.39 is 6.07 Å². The lowest BCUT2D eigenvalue weighted by Gasteiger charge is -2.15. The lowest BCUT2D eigenvalue weighted by Crippen LogP contribution is -1.98. The first-order chi connectivity index (χ1) is 8.98. The van der Waals surface area contributed by atoms with Gasteiger partial charge in [0.2, 0.25) is 0 Å². The van der Waals surface area contributed by atoms with Gasteiger partial charge in [-0.25, -0.2) is 4.57 Å². The van der Waals surface area contributed by atoms with E-state index in [2.05, 4.69) is 19.9 Å². The van der Waals surface area contributed by atoms with Crippen LogP contribution < -0.4 is 4.52 Å². The third-order valence-electron chi connectivity index (χ3n) is 3.01. The van der Waals surface area contributed by atoms with Gasteiger partial charge in [-0.2, -0.15) is 0 Å². The van der Waals surface area contributed by atoms with Crippen molar-refractivity contribution in [3.05, 3.63) is 29.3 Å². The molecule has 0 saturated heterocycles. The van der Waals surface area contributed by atoms with Crippen LogP contribution in [-0.2, 0) is 17.4 Å². The smallest absolute Gasteiger partial charge is 0.422 e. The maximum absolute atomic E-state index is 11.4. The highest BCUT2D eigenvalue weighted by molar-refractivity contribution is 8.05. The van der Waals surface area contributed by atoms with Crippen LogP contribution in [0.3, 0.4) is 0 Å². The minimum atomic E-state index is -3.55. The highest BCUT2D eigenvalue weighted by atomic mass is 35.9. The molecular weight excluding hydrogens is 302 g/mol. The molecule has 0 bridgehead atoms. The summed E-state index contributed by atoms with van der Waals surface area (Å²) in [4.78, 5) is 0. The Kier molecular flexibility index (Phi) is 7.28. The average molecular weight is 323 g/mol. The van der Waals surface area contributed by atoms with E-state index in [-0.39, 0.29) is 0 Å². The SMILES string of the molecule is CCCCc1cccc(OP(=O)(Cl)Cl)c1CCCC. The summed E-state index contributed by atoms with van der Waals surface area (Å²) in [6.45, 7) is 4.31. The van der Waals surface area contributed by atoms with E-state index in [0.29, 0.717) is 5.75 Å². The van der Waals surface area contributed by atoms with Crippen molar-refractivity contribution in [2.24, 2.45) is 0 Å². The Morgan fingerprint density at radius 1 is 1.11 bits per heavy atom. The summed E-state index contributed by atoms with van der Waals surface area (Å²) in [7, 11) is 0. The first-order valence-electron chi connectivity index (χ1n) is 6.77. The summed E-state index contributed by atoms with van der Waals surface area (Å²) in [5.74, 6) is 0.565. The van der Waals surface area contributed by atoms with Gasteiger partial charge in [0.15, 0.2) is 0 Å². The molecule has 2 nitrogen and oxygen atoms in total. The Labute approximate surface area is 125 Å². The van der Waals surface area contributed by atoms with Crippen molar-refractivity contribution in [2.45, 2.75) is 52.4 Å². The van der Waals surface area contributed by atoms with Gasteiger partial charge in [0, 0.05) is 22.5 Å². The lowest BCUT2D eigenvalue weighted by molar-refractivity contribution is 0.508. The summed E-state index contributed by atoms with van der Waals surface area (Å²) in [5.41, 5.74) is 2.34. The fourth-order valence-corrected chi connectivity index (χ4v) is 2.90. The van der Waals surface area contributed by atoms with Gasteiger partial charge in [0.05, 0.1) is 0 Å². The molecule has 0 amide bonds. The molecule has 0 saturated carbocycles. The molecular formula is C14H21Cl2O2P. The first-order valence-corrected chi connectivity index (χ1v) is 10.2. The monoisotopic (exact) mass is 322 g/mol. The van der Waals surface area contributed by atoms with Gasteiger partial charge >= 0.3 is 6.07 Å². The number of unbranched alkanes of at least 4 members (excludes halogenated alkanes) is 2. The van der Waals surface area contributed by atoms with E-state index in [4.69, 9.17) is 27.0 Å². The summed E-state index contributed by atoms with van der Waals surface area (Å²) in [6.07, 6.45) is 2.79. The van der Waals surface area contributed by atoms with Crippen molar-refractivity contribution in [3.63, 3.8) is 0 Å². The topological polar surface area (TPSA) is 26.3 Å². The molecule has 1 rings (SSSR count). The van der Waals surface area contributed by atoms with Crippen molar-refractivity contribution < 1.29 is 9.09 Å². The van der Waals surface area contributed by atoms with E-state index in [9.17, 15) is 4.57 Å². The number of benzene rings is 1. The third-order valence-corrected chi connectivity index (χ3v) is 3.84. The summed E-state index contributed by atoms with van der Waals surface area (Å²) in [6, 6.07) is 5.79. The Balaban J connectivity index is 3.02. The quantitative estimate of drug-likeness (QED) is 0.522. The maximum Gasteiger partial charge on any atom is 0.428 e. The molecule has 0 spiro atoms. The zero-order chi connectivity index (χ0) is 14.3. The fraction of sp³-hybridized carbons (Fsp3) is 0.571. The predicted octanol–water partition coefficient (Wildman–Crippen LogP) is 6.34. The second-order valence-electron chi connectivity index (χ2n) is 4.61. The average Bonchev–Trinajstić information content (AvgIpc) is 2.33. The van der Waals surface area contributed by atoms with Crippen molar-refractivity contribution in [1.29, 1.82) is 0 Å². The van der Waals surface area contributed by atoms with Crippen LogP contribution in [0, 0.1) is 0 Å². The molecule has 108 valence electrons. The van der Waals surface area contributed by atoms with Gasteiger partial charge in [-0.3, -0.25) is 0 Å². The Hall–Kier alpha value is -0.170. The van der Waals surface area contributed by atoms with Crippen molar-refractivity contribution >= 4 is 28.6 Å². The van der Waals surface area contributed by atoms with Gasteiger partial charge in [-0.1, -0.05) is 38.8 Å².